The lowest BCUT2D eigenvalue weighted by molar-refractivity contribution is -0.116. The molecule has 0 radical (unpaired) electrons. The summed E-state index contributed by atoms with van der Waals surface area (Å²) < 4.78 is 8.80. The van der Waals surface area contributed by atoms with Gasteiger partial charge < -0.3 is 14.5 Å². The number of carbonyl (C=O) groups excluding carboxylic acids is 1. The minimum absolute atomic E-state index is 0.142. The Hall–Kier alpha value is -3.49. The smallest absolute Gasteiger partial charge is 0.276 e. The monoisotopic (exact) mass is 431 g/mol. The fraction of sp³-hybridized carbons (Fsp3) is 0.292. The van der Waals surface area contributed by atoms with Crippen molar-refractivity contribution in [3.8, 4) is 0 Å². The van der Waals surface area contributed by atoms with E-state index in [-0.39, 0.29) is 24.4 Å². The molecule has 0 saturated carbocycles. The van der Waals surface area contributed by atoms with Crippen molar-refractivity contribution >= 4 is 28.3 Å². The molecule has 0 aliphatic carbocycles. The van der Waals surface area contributed by atoms with Gasteiger partial charge in [-0.05, 0) is 42.0 Å². The highest BCUT2D eigenvalue weighted by Crippen LogP contribution is 2.15. The summed E-state index contributed by atoms with van der Waals surface area (Å²) in [5.74, 6) is -0.142. The third-order valence-electron chi connectivity index (χ3n) is 5.80. The molecule has 0 unspecified atom stereocenters. The minimum Gasteiger partial charge on any atom is -0.379 e. The number of pyridine rings is 1. The minimum atomic E-state index is -0.151. The summed E-state index contributed by atoms with van der Waals surface area (Å²) in [7, 11) is 0. The molecule has 4 heterocycles. The number of anilines is 1. The first-order chi connectivity index (χ1) is 15.7. The Bertz CT molecular complexity index is 1300. The molecule has 3 aromatic heterocycles. The summed E-state index contributed by atoms with van der Waals surface area (Å²) in [4.78, 5) is 32.3. The second kappa shape index (κ2) is 8.94. The standard InChI is InChI=1S/C24H25N5O3/c30-22(26-19-7-5-18(6-8-19)17-27-13-15-32-16-14-27)9-12-29-23-20(3-1-10-25-23)28-11-2-4-21(28)24(29)31/h1-8,10-11H,9,12-17H2,(H,26,30). The number of fused-ring (bicyclic) bond motifs is 3. The summed E-state index contributed by atoms with van der Waals surface area (Å²) >= 11 is 0. The second-order valence-corrected chi connectivity index (χ2v) is 7.95. The van der Waals surface area contributed by atoms with Gasteiger partial charge in [-0.25, -0.2) is 4.98 Å². The van der Waals surface area contributed by atoms with Crippen molar-refractivity contribution in [1.82, 2.24) is 18.9 Å². The van der Waals surface area contributed by atoms with Crippen LogP contribution in [0.5, 0.6) is 0 Å². The Labute approximate surface area is 185 Å². The number of aryl methyl sites for hydroxylation is 1. The molecule has 32 heavy (non-hydrogen) atoms. The van der Waals surface area contributed by atoms with E-state index in [0.717, 1.165) is 44.1 Å². The number of ether oxygens (including phenoxy) is 1. The van der Waals surface area contributed by atoms with Crippen molar-refractivity contribution < 1.29 is 9.53 Å². The molecule has 0 bridgehead atoms. The summed E-state index contributed by atoms with van der Waals surface area (Å²) in [5.41, 5.74) is 3.78. The maximum atomic E-state index is 12.9. The number of nitrogens with zero attached hydrogens (tertiary/aromatic N) is 4. The van der Waals surface area contributed by atoms with Gasteiger partial charge >= 0.3 is 0 Å². The Morgan fingerprint density at radius 2 is 1.81 bits per heavy atom. The van der Waals surface area contributed by atoms with E-state index in [1.54, 1.807) is 16.8 Å². The van der Waals surface area contributed by atoms with Crippen LogP contribution in [0.1, 0.15) is 12.0 Å². The number of morpholine rings is 1. The Balaban J connectivity index is 1.25. The first-order valence-corrected chi connectivity index (χ1v) is 10.8. The van der Waals surface area contributed by atoms with E-state index in [9.17, 15) is 9.59 Å². The van der Waals surface area contributed by atoms with Crippen LogP contribution in [0.4, 0.5) is 5.69 Å². The predicted octanol–water partition coefficient (Wildman–Crippen LogP) is 2.51. The summed E-state index contributed by atoms with van der Waals surface area (Å²) in [6.45, 7) is 4.57. The highest BCUT2D eigenvalue weighted by molar-refractivity contribution is 5.90. The van der Waals surface area contributed by atoms with E-state index in [0.29, 0.717) is 11.2 Å². The van der Waals surface area contributed by atoms with Crippen molar-refractivity contribution in [3.63, 3.8) is 0 Å². The Morgan fingerprint density at radius 3 is 2.62 bits per heavy atom. The lowest BCUT2D eigenvalue weighted by Gasteiger charge is -2.26. The van der Waals surface area contributed by atoms with Crippen LogP contribution in [0.15, 0.2) is 65.7 Å². The molecule has 1 aromatic carbocycles. The van der Waals surface area contributed by atoms with Gasteiger partial charge in [-0.15, -0.1) is 0 Å². The molecule has 1 amide bonds. The summed E-state index contributed by atoms with van der Waals surface area (Å²) in [6.07, 6.45) is 3.69. The fourth-order valence-electron chi connectivity index (χ4n) is 4.14. The van der Waals surface area contributed by atoms with Crippen LogP contribution >= 0.6 is 0 Å². The summed E-state index contributed by atoms with van der Waals surface area (Å²) in [5, 5.41) is 2.93. The van der Waals surface area contributed by atoms with Gasteiger partial charge in [0.2, 0.25) is 5.91 Å². The molecule has 1 N–H and O–H groups in total. The van der Waals surface area contributed by atoms with Crippen LogP contribution in [-0.2, 0) is 22.6 Å². The van der Waals surface area contributed by atoms with Gasteiger partial charge in [0, 0.05) is 50.7 Å². The number of rotatable bonds is 6. The van der Waals surface area contributed by atoms with Gasteiger partial charge in [0.15, 0.2) is 5.65 Å². The van der Waals surface area contributed by atoms with Crippen LogP contribution in [-0.4, -0.2) is 51.1 Å². The quantitative estimate of drug-likeness (QED) is 0.507. The molecule has 164 valence electrons. The molecule has 5 rings (SSSR count). The molecule has 1 fully saturated rings. The maximum absolute atomic E-state index is 12.9. The predicted molar refractivity (Wildman–Crippen MR) is 123 cm³/mol. The first kappa shape index (κ1) is 20.4. The molecular formula is C24H25N5O3. The highest BCUT2D eigenvalue weighted by Gasteiger charge is 2.13. The molecule has 8 nitrogen and oxygen atoms in total. The number of nitrogens with one attached hydrogen (secondary N) is 1. The molecule has 1 aliphatic rings. The molecular weight excluding hydrogens is 406 g/mol. The Kier molecular flexibility index (Phi) is 5.70. The number of benzene rings is 1. The largest absolute Gasteiger partial charge is 0.379 e. The van der Waals surface area contributed by atoms with E-state index in [1.807, 2.05) is 53.1 Å². The third kappa shape index (κ3) is 4.15. The zero-order valence-corrected chi connectivity index (χ0v) is 17.7. The lowest BCUT2D eigenvalue weighted by Crippen LogP contribution is -2.35. The zero-order valence-electron chi connectivity index (χ0n) is 17.7. The van der Waals surface area contributed by atoms with E-state index in [4.69, 9.17) is 4.74 Å². The average molecular weight is 431 g/mol. The van der Waals surface area contributed by atoms with Gasteiger partial charge in [-0.3, -0.25) is 19.1 Å². The first-order valence-electron chi connectivity index (χ1n) is 10.8. The van der Waals surface area contributed by atoms with E-state index >= 15 is 0 Å². The van der Waals surface area contributed by atoms with Gasteiger partial charge in [0.25, 0.3) is 5.56 Å². The van der Waals surface area contributed by atoms with Crippen molar-refractivity contribution in [1.29, 1.82) is 0 Å². The van der Waals surface area contributed by atoms with E-state index in [2.05, 4.69) is 15.2 Å². The van der Waals surface area contributed by atoms with Crippen molar-refractivity contribution in [2.75, 3.05) is 31.6 Å². The van der Waals surface area contributed by atoms with Crippen LogP contribution in [0, 0.1) is 0 Å². The fourth-order valence-corrected chi connectivity index (χ4v) is 4.14. The van der Waals surface area contributed by atoms with Gasteiger partial charge in [0.1, 0.15) is 5.52 Å². The van der Waals surface area contributed by atoms with Gasteiger partial charge in [-0.2, -0.15) is 0 Å². The SMILES string of the molecule is O=C(CCn1c(=O)c2cccn2c2cccnc21)Nc1ccc(CN2CCOCC2)cc1. The lowest BCUT2D eigenvalue weighted by atomic mass is 10.2. The van der Waals surface area contributed by atoms with E-state index < -0.39 is 0 Å². The van der Waals surface area contributed by atoms with Crippen molar-refractivity contribution in [2.45, 2.75) is 19.5 Å². The normalized spacial score (nSPS) is 14.8. The van der Waals surface area contributed by atoms with Crippen LogP contribution < -0.4 is 10.9 Å². The van der Waals surface area contributed by atoms with Crippen LogP contribution in [0.25, 0.3) is 16.7 Å². The molecule has 0 spiro atoms. The van der Waals surface area contributed by atoms with Crippen molar-refractivity contribution in [2.24, 2.45) is 0 Å². The molecule has 1 aliphatic heterocycles. The zero-order chi connectivity index (χ0) is 21.9. The Morgan fingerprint density at radius 1 is 1.03 bits per heavy atom. The molecule has 4 aromatic rings. The van der Waals surface area contributed by atoms with E-state index in [1.165, 1.54) is 5.56 Å². The number of hydrogen-bond acceptors (Lipinski definition) is 5. The molecule has 0 atom stereocenters. The van der Waals surface area contributed by atoms with Crippen molar-refractivity contribution in [3.05, 3.63) is 76.8 Å². The number of amides is 1. The highest BCUT2D eigenvalue weighted by atomic mass is 16.5. The maximum Gasteiger partial charge on any atom is 0.276 e. The number of carbonyl (C=O) groups is 1. The molecule has 8 heteroatoms. The number of aromatic nitrogens is 3. The summed E-state index contributed by atoms with van der Waals surface area (Å²) in [6, 6.07) is 15.3. The number of hydrogen-bond donors (Lipinski definition) is 1. The second-order valence-electron chi connectivity index (χ2n) is 7.95. The third-order valence-corrected chi connectivity index (χ3v) is 5.80. The topological polar surface area (TPSA) is 80.9 Å². The van der Waals surface area contributed by atoms with Gasteiger partial charge in [-0.1, -0.05) is 12.1 Å². The average Bonchev–Trinajstić information content (AvgIpc) is 3.32. The van der Waals surface area contributed by atoms with Gasteiger partial charge in [0.05, 0.1) is 18.7 Å². The van der Waals surface area contributed by atoms with Crippen LogP contribution in [0.2, 0.25) is 0 Å². The molecule has 1 saturated heterocycles. The van der Waals surface area contributed by atoms with Crippen LogP contribution in [0.3, 0.4) is 0 Å².